The van der Waals surface area contributed by atoms with Crippen LogP contribution in [0.2, 0.25) is 0 Å². The van der Waals surface area contributed by atoms with E-state index >= 15 is 0 Å². The molecular weight excluding hydrogens is 394 g/mol. The molecule has 0 radical (unpaired) electrons. The number of ether oxygens (including phenoxy) is 1. The second kappa shape index (κ2) is 7.28. The molecule has 156 valence electrons. The normalized spacial score (nSPS) is 11.2. The summed E-state index contributed by atoms with van der Waals surface area (Å²) < 4.78 is 13.1. The maximum absolute atomic E-state index is 6.03. The molecule has 0 saturated heterocycles. The van der Waals surface area contributed by atoms with Crippen LogP contribution in [0.25, 0.3) is 33.3 Å². The van der Waals surface area contributed by atoms with Gasteiger partial charge in [0.05, 0.1) is 12.7 Å². The van der Waals surface area contributed by atoms with E-state index in [-0.39, 0.29) is 0 Å². The minimum Gasteiger partial charge on any atom is -0.497 e. The summed E-state index contributed by atoms with van der Waals surface area (Å²) in [4.78, 5) is 13.7. The van der Waals surface area contributed by atoms with Crippen molar-refractivity contribution in [3.8, 4) is 17.2 Å². The Morgan fingerprint density at radius 2 is 1.90 bits per heavy atom. The summed E-state index contributed by atoms with van der Waals surface area (Å²) in [5.41, 5.74) is 3.22. The molecule has 31 heavy (non-hydrogen) atoms. The van der Waals surface area contributed by atoms with Crippen molar-refractivity contribution in [1.29, 1.82) is 0 Å². The van der Waals surface area contributed by atoms with E-state index in [2.05, 4.69) is 30.7 Å². The van der Waals surface area contributed by atoms with Gasteiger partial charge in [0, 0.05) is 55.1 Å². The molecule has 5 aromatic rings. The first-order valence-electron chi connectivity index (χ1n) is 9.75. The number of benzene rings is 1. The number of methoxy groups -OCH3 is 1. The predicted molar refractivity (Wildman–Crippen MR) is 120 cm³/mol. The van der Waals surface area contributed by atoms with Crippen LogP contribution in [0.1, 0.15) is 5.69 Å². The minimum atomic E-state index is 0.481. The van der Waals surface area contributed by atoms with E-state index in [4.69, 9.17) is 9.15 Å². The zero-order valence-corrected chi connectivity index (χ0v) is 17.6. The molecule has 0 aliphatic heterocycles. The lowest BCUT2D eigenvalue weighted by Gasteiger charge is -2.10. The summed E-state index contributed by atoms with van der Waals surface area (Å²) in [5, 5.41) is 12.6. The van der Waals surface area contributed by atoms with Gasteiger partial charge < -0.3 is 19.8 Å². The van der Waals surface area contributed by atoms with Crippen LogP contribution in [-0.2, 0) is 7.05 Å². The van der Waals surface area contributed by atoms with E-state index in [0.29, 0.717) is 17.3 Å². The number of nitrogens with one attached hydrogen (secondary N) is 2. The van der Waals surface area contributed by atoms with Crippen LogP contribution < -0.4 is 15.4 Å². The standard InChI is InChI=1S/C22H21N7O2/c1-12-7-20(28-29(12)3)27-19-9-14-15(10-24-19)21(23-2)25-11-16(14)22-26-17-8-13(30-4)5-6-18(17)31-22/h5-11H,1-4H3,(H,23,25)(H,24,27,28). The molecular formula is C22H21N7O2. The Morgan fingerprint density at radius 1 is 1.03 bits per heavy atom. The van der Waals surface area contributed by atoms with Gasteiger partial charge in [-0.2, -0.15) is 5.10 Å². The van der Waals surface area contributed by atoms with Gasteiger partial charge >= 0.3 is 0 Å². The second-order valence-electron chi connectivity index (χ2n) is 7.16. The Bertz CT molecular complexity index is 1400. The van der Waals surface area contributed by atoms with Gasteiger partial charge in [0.25, 0.3) is 0 Å². The molecule has 9 nitrogen and oxygen atoms in total. The van der Waals surface area contributed by atoms with Gasteiger partial charge in [-0.3, -0.25) is 4.68 Å². The van der Waals surface area contributed by atoms with Gasteiger partial charge in [-0.05, 0) is 25.1 Å². The maximum atomic E-state index is 6.03. The first-order valence-corrected chi connectivity index (χ1v) is 9.75. The number of hydrogen-bond donors (Lipinski definition) is 2. The molecule has 4 heterocycles. The number of rotatable bonds is 5. The van der Waals surface area contributed by atoms with Crippen LogP contribution in [0, 0.1) is 6.92 Å². The zero-order valence-electron chi connectivity index (χ0n) is 17.6. The number of aryl methyl sites for hydroxylation is 2. The zero-order chi connectivity index (χ0) is 21.5. The van der Waals surface area contributed by atoms with Gasteiger partial charge in [-0.25, -0.2) is 15.0 Å². The fourth-order valence-electron chi connectivity index (χ4n) is 3.48. The van der Waals surface area contributed by atoms with Crippen molar-refractivity contribution in [2.45, 2.75) is 6.92 Å². The summed E-state index contributed by atoms with van der Waals surface area (Å²) in [6.07, 6.45) is 3.53. The lowest BCUT2D eigenvalue weighted by Crippen LogP contribution is -1.99. The van der Waals surface area contributed by atoms with E-state index in [1.54, 1.807) is 19.5 Å². The summed E-state index contributed by atoms with van der Waals surface area (Å²) in [6, 6.07) is 9.45. The van der Waals surface area contributed by atoms with Gasteiger partial charge in [0.1, 0.15) is 22.9 Å². The van der Waals surface area contributed by atoms with Crippen molar-refractivity contribution < 1.29 is 9.15 Å². The number of nitrogens with zero attached hydrogens (tertiary/aromatic N) is 5. The van der Waals surface area contributed by atoms with E-state index in [0.717, 1.165) is 44.9 Å². The van der Waals surface area contributed by atoms with Crippen molar-refractivity contribution in [2.75, 3.05) is 24.8 Å². The highest BCUT2D eigenvalue weighted by molar-refractivity contribution is 6.01. The van der Waals surface area contributed by atoms with Crippen molar-refractivity contribution in [3.63, 3.8) is 0 Å². The van der Waals surface area contributed by atoms with Crippen LogP contribution in [0.5, 0.6) is 5.75 Å². The summed E-state index contributed by atoms with van der Waals surface area (Å²) >= 11 is 0. The average molecular weight is 415 g/mol. The molecule has 0 unspecified atom stereocenters. The third-order valence-electron chi connectivity index (χ3n) is 5.20. The highest BCUT2D eigenvalue weighted by Gasteiger charge is 2.16. The highest BCUT2D eigenvalue weighted by Crippen LogP contribution is 2.34. The molecule has 0 amide bonds. The SMILES string of the molecule is CNc1ncc(-c2nc3cc(OC)ccc3o2)c2cc(Nc3cc(C)n(C)n3)ncc12. The lowest BCUT2D eigenvalue weighted by atomic mass is 10.1. The summed E-state index contributed by atoms with van der Waals surface area (Å²) in [7, 11) is 5.36. The van der Waals surface area contributed by atoms with E-state index in [1.807, 2.05) is 56.0 Å². The van der Waals surface area contributed by atoms with Crippen LogP contribution in [0.15, 0.2) is 47.1 Å². The Labute approximate surface area is 178 Å². The monoisotopic (exact) mass is 415 g/mol. The van der Waals surface area contributed by atoms with Gasteiger partial charge in [0.2, 0.25) is 5.89 Å². The molecule has 0 aliphatic carbocycles. The smallest absolute Gasteiger partial charge is 0.229 e. The van der Waals surface area contributed by atoms with Crippen LogP contribution >= 0.6 is 0 Å². The molecule has 2 N–H and O–H groups in total. The number of hydrogen-bond acceptors (Lipinski definition) is 8. The van der Waals surface area contributed by atoms with Gasteiger partial charge in [-0.1, -0.05) is 0 Å². The van der Waals surface area contributed by atoms with E-state index < -0.39 is 0 Å². The van der Waals surface area contributed by atoms with Crippen molar-refractivity contribution in [2.24, 2.45) is 7.05 Å². The number of pyridine rings is 2. The number of oxazole rings is 1. The molecule has 0 saturated carbocycles. The largest absolute Gasteiger partial charge is 0.497 e. The molecule has 0 aliphatic rings. The summed E-state index contributed by atoms with van der Waals surface area (Å²) in [5.74, 6) is 3.32. The molecule has 0 spiro atoms. The van der Waals surface area contributed by atoms with Gasteiger partial charge in [-0.15, -0.1) is 0 Å². The van der Waals surface area contributed by atoms with E-state index in [9.17, 15) is 0 Å². The van der Waals surface area contributed by atoms with Crippen molar-refractivity contribution >= 4 is 39.3 Å². The lowest BCUT2D eigenvalue weighted by molar-refractivity contribution is 0.415. The summed E-state index contributed by atoms with van der Waals surface area (Å²) in [6.45, 7) is 2.00. The first kappa shape index (κ1) is 18.9. The molecule has 5 rings (SSSR count). The van der Waals surface area contributed by atoms with Crippen molar-refractivity contribution in [1.82, 2.24) is 24.7 Å². The Morgan fingerprint density at radius 3 is 2.65 bits per heavy atom. The molecule has 0 bridgehead atoms. The fourth-order valence-corrected chi connectivity index (χ4v) is 3.48. The molecule has 4 aromatic heterocycles. The Hall–Kier alpha value is -4.14. The molecule has 0 fully saturated rings. The number of fused-ring (bicyclic) bond motifs is 2. The molecule has 0 atom stereocenters. The van der Waals surface area contributed by atoms with E-state index in [1.165, 1.54) is 0 Å². The fraction of sp³-hybridized carbons (Fsp3) is 0.182. The first-order chi connectivity index (χ1) is 15.1. The van der Waals surface area contributed by atoms with Crippen LogP contribution in [0.4, 0.5) is 17.5 Å². The molecule has 9 heteroatoms. The van der Waals surface area contributed by atoms with Gasteiger partial charge in [0.15, 0.2) is 11.4 Å². The molecule has 1 aromatic carbocycles. The Kier molecular flexibility index (Phi) is 4.43. The topological polar surface area (TPSA) is 103 Å². The number of anilines is 3. The average Bonchev–Trinajstić information content (AvgIpc) is 3.34. The third-order valence-corrected chi connectivity index (χ3v) is 5.20. The highest BCUT2D eigenvalue weighted by atomic mass is 16.5. The predicted octanol–water partition coefficient (Wildman–Crippen LogP) is 4.27. The quantitative estimate of drug-likeness (QED) is 0.439. The van der Waals surface area contributed by atoms with Crippen LogP contribution in [-0.4, -0.2) is 38.9 Å². The second-order valence-corrected chi connectivity index (χ2v) is 7.16. The third kappa shape index (κ3) is 3.29. The maximum Gasteiger partial charge on any atom is 0.229 e. The number of aromatic nitrogens is 5. The minimum absolute atomic E-state index is 0.481. The van der Waals surface area contributed by atoms with Crippen LogP contribution in [0.3, 0.4) is 0 Å². The Balaban J connectivity index is 1.64. The van der Waals surface area contributed by atoms with Crippen molar-refractivity contribution in [3.05, 3.63) is 48.4 Å².